The number of ketones is 1. The molecule has 1 aliphatic rings. The largest absolute Gasteiger partial charge is 0.329 e. The zero-order valence-corrected chi connectivity index (χ0v) is 10.2. The Kier molecular flexibility index (Phi) is 3.76. The molecule has 0 heterocycles. The number of nitrogens with two attached hydrogens (primary N) is 1. The van der Waals surface area contributed by atoms with Crippen molar-refractivity contribution in [2.75, 3.05) is 6.54 Å². The van der Waals surface area contributed by atoms with Crippen LogP contribution in [0, 0.1) is 17.0 Å². The number of carbonyl (C=O) groups excluding carboxylic acids is 1. The second kappa shape index (κ2) is 5.14. The molecule has 0 atom stereocenters. The van der Waals surface area contributed by atoms with E-state index in [-0.39, 0.29) is 17.9 Å². The molecule has 0 radical (unpaired) electrons. The van der Waals surface area contributed by atoms with Crippen molar-refractivity contribution in [3.63, 3.8) is 0 Å². The molecule has 1 fully saturated rings. The van der Waals surface area contributed by atoms with Crippen LogP contribution in [0.25, 0.3) is 0 Å². The summed E-state index contributed by atoms with van der Waals surface area (Å²) in [4.78, 5) is 12.4. The van der Waals surface area contributed by atoms with Gasteiger partial charge in [0.05, 0.1) is 5.56 Å². The van der Waals surface area contributed by atoms with Crippen molar-refractivity contribution in [1.82, 2.24) is 0 Å². The van der Waals surface area contributed by atoms with Gasteiger partial charge in [0.15, 0.2) is 5.78 Å². The third-order valence-corrected chi connectivity index (χ3v) is 3.86. The lowest BCUT2D eigenvalue weighted by molar-refractivity contribution is 0.0724. The third kappa shape index (κ3) is 2.29. The normalized spacial score (nSPS) is 18.6. The minimum atomic E-state index is -0.702. The van der Waals surface area contributed by atoms with E-state index in [4.69, 9.17) is 5.73 Å². The Morgan fingerprint density at radius 1 is 1.22 bits per heavy atom. The number of halogens is 2. The van der Waals surface area contributed by atoms with E-state index in [1.165, 1.54) is 0 Å². The summed E-state index contributed by atoms with van der Waals surface area (Å²) < 4.78 is 26.8. The lowest BCUT2D eigenvalue weighted by Gasteiger charge is -2.34. The van der Waals surface area contributed by atoms with Crippen LogP contribution in [0.2, 0.25) is 0 Å². The fourth-order valence-electron chi connectivity index (χ4n) is 2.71. The molecule has 18 heavy (non-hydrogen) atoms. The summed E-state index contributed by atoms with van der Waals surface area (Å²) in [5, 5.41) is 0. The maximum Gasteiger partial charge on any atom is 0.173 e. The zero-order valence-electron chi connectivity index (χ0n) is 10.2. The molecular weight excluding hydrogens is 236 g/mol. The smallest absolute Gasteiger partial charge is 0.173 e. The zero-order chi connectivity index (χ0) is 13.2. The van der Waals surface area contributed by atoms with Crippen molar-refractivity contribution >= 4 is 5.78 Å². The fraction of sp³-hybridized carbons (Fsp3) is 0.500. The Labute approximate surface area is 105 Å². The SMILES string of the molecule is NCC1(C(=O)c2cc(F)ccc2F)CCCCC1. The van der Waals surface area contributed by atoms with Gasteiger partial charge in [-0.15, -0.1) is 0 Å². The number of hydrogen-bond donors (Lipinski definition) is 1. The van der Waals surface area contributed by atoms with Crippen LogP contribution in [-0.2, 0) is 0 Å². The van der Waals surface area contributed by atoms with Crippen LogP contribution in [-0.4, -0.2) is 12.3 Å². The number of rotatable bonds is 3. The number of carbonyl (C=O) groups is 1. The molecule has 1 aliphatic carbocycles. The van der Waals surface area contributed by atoms with Crippen molar-refractivity contribution in [3.05, 3.63) is 35.4 Å². The molecule has 0 saturated heterocycles. The van der Waals surface area contributed by atoms with Gasteiger partial charge in [-0.2, -0.15) is 0 Å². The van der Waals surface area contributed by atoms with Gasteiger partial charge in [-0.1, -0.05) is 19.3 Å². The van der Waals surface area contributed by atoms with Crippen LogP contribution in [0.5, 0.6) is 0 Å². The average molecular weight is 253 g/mol. The van der Waals surface area contributed by atoms with Gasteiger partial charge in [-0.3, -0.25) is 4.79 Å². The van der Waals surface area contributed by atoms with E-state index < -0.39 is 17.0 Å². The van der Waals surface area contributed by atoms with E-state index >= 15 is 0 Å². The van der Waals surface area contributed by atoms with Gasteiger partial charge in [0.2, 0.25) is 0 Å². The van der Waals surface area contributed by atoms with E-state index in [2.05, 4.69) is 0 Å². The summed E-state index contributed by atoms with van der Waals surface area (Å²) in [5.74, 6) is -1.61. The number of benzene rings is 1. The van der Waals surface area contributed by atoms with Crippen molar-refractivity contribution < 1.29 is 13.6 Å². The second-order valence-corrected chi connectivity index (χ2v) is 5.00. The van der Waals surface area contributed by atoms with Gasteiger partial charge < -0.3 is 5.73 Å². The van der Waals surface area contributed by atoms with E-state index in [0.29, 0.717) is 12.8 Å². The first-order valence-corrected chi connectivity index (χ1v) is 6.29. The molecule has 1 saturated carbocycles. The van der Waals surface area contributed by atoms with Gasteiger partial charge in [-0.25, -0.2) is 8.78 Å². The van der Waals surface area contributed by atoms with Crippen LogP contribution in [0.3, 0.4) is 0 Å². The van der Waals surface area contributed by atoms with E-state index in [9.17, 15) is 13.6 Å². The first-order valence-electron chi connectivity index (χ1n) is 6.29. The number of hydrogen-bond acceptors (Lipinski definition) is 2. The van der Waals surface area contributed by atoms with Gasteiger partial charge in [0.1, 0.15) is 11.6 Å². The first kappa shape index (κ1) is 13.1. The van der Waals surface area contributed by atoms with Gasteiger partial charge in [0.25, 0.3) is 0 Å². The highest BCUT2D eigenvalue weighted by Crippen LogP contribution is 2.38. The van der Waals surface area contributed by atoms with Crippen molar-refractivity contribution in [3.8, 4) is 0 Å². The van der Waals surface area contributed by atoms with Crippen LogP contribution in [0.15, 0.2) is 18.2 Å². The molecule has 0 aliphatic heterocycles. The highest BCUT2D eigenvalue weighted by atomic mass is 19.1. The molecule has 2 N–H and O–H groups in total. The standard InChI is InChI=1S/C14H17F2NO/c15-10-4-5-12(16)11(8-10)13(18)14(9-17)6-2-1-3-7-14/h4-5,8H,1-3,6-7,9,17H2. The van der Waals surface area contributed by atoms with Gasteiger partial charge >= 0.3 is 0 Å². The predicted octanol–water partition coefficient (Wildman–Crippen LogP) is 3.06. The molecule has 0 bridgehead atoms. The van der Waals surface area contributed by atoms with Crippen molar-refractivity contribution in [2.45, 2.75) is 32.1 Å². The van der Waals surface area contributed by atoms with E-state index in [0.717, 1.165) is 37.5 Å². The van der Waals surface area contributed by atoms with Gasteiger partial charge in [-0.05, 0) is 31.0 Å². The molecule has 0 unspecified atom stereocenters. The van der Waals surface area contributed by atoms with E-state index in [1.54, 1.807) is 0 Å². The predicted molar refractivity (Wildman–Crippen MR) is 65.3 cm³/mol. The molecule has 4 heteroatoms. The molecule has 0 aromatic heterocycles. The van der Waals surface area contributed by atoms with Crippen LogP contribution in [0.4, 0.5) is 8.78 Å². The Hall–Kier alpha value is -1.29. The van der Waals surface area contributed by atoms with E-state index in [1.807, 2.05) is 0 Å². The van der Waals surface area contributed by atoms with Crippen molar-refractivity contribution in [2.24, 2.45) is 11.1 Å². The maximum atomic E-state index is 13.7. The third-order valence-electron chi connectivity index (χ3n) is 3.86. The summed E-state index contributed by atoms with van der Waals surface area (Å²) in [6.45, 7) is 0.196. The Bertz CT molecular complexity index is 453. The minimum absolute atomic E-state index is 0.164. The second-order valence-electron chi connectivity index (χ2n) is 5.00. The lowest BCUT2D eigenvalue weighted by atomic mass is 9.69. The van der Waals surface area contributed by atoms with Crippen LogP contribution >= 0.6 is 0 Å². The van der Waals surface area contributed by atoms with Crippen LogP contribution in [0.1, 0.15) is 42.5 Å². The van der Waals surface area contributed by atoms with Gasteiger partial charge in [0, 0.05) is 12.0 Å². The maximum absolute atomic E-state index is 13.7. The quantitative estimate of drug-likeness (QED) is 0.841. The molecule has 98 valence electrons. The molecule has 2 rings (SSSR count). The molecule has 1 aromatic rings. The Balaban J connectivity index is 2.36. The lowest BCUT2D eigenvalue weighted by Crippen LogP contribution is -2.40. The highest BCUT2D eigenvalue weighted by Gasteiger charge is 2.39. The summed E-state index contributed by atoms with van der Waals surface area (Å²) in [6, 6.07) is 2.99. The minimum Gasteiger partial charge on any atom is -0.329 e. The molecule has 1 aromatic carbocycles. The summed E-state index contributed by atoms with van der Waals surface area (Å²) in [6.07, 6.45) is 4.23. The Morgan fingerprint density at radius 2 is 1.89 bits per heavy atom. The monoisotopic (exact) mass is 253 g/mol. The van der Waals surface area contributed by atoms with Crippen molar-refractivity contribution in [1.29, 1.82) is 0 Å². The molecular formula is C14H17F2NO. The molecule has 0 spiro atoms. The summed E-state index contributed by atoms with van der Waals surface area (Å²) in [5.41, 5.74) is 4.86. The highest BCUT2D eigenvalue weighted by molar-refractivity contribution is 6.01. The first-order chi connectivity index (χ1) is 8.59. The summed E-state index contributed by atoms with van der Waals surface area (Å²) >= 11 is 0. The summed E-state index contributed by atoms with van der Waals surface area (Å²) in [7, 11) is 0. The Morgan fingerprint density at radius 3 is 2.50 bits per heavy atom. The number of Topliss-reactive ketones (excluding diaryl/α,β-unsaturated/α-hetero) is 1. The van der Waals surface area contributed by atoms with Crippen LogP contribution < -0.4 is 5.73 Å². The molecule has 0 amide bonds. The average Bonchev–Trinajstić information content (AvgIpc) is 2.41. The molecule has 2 nitrogen and oxygen atoms in total. The fourth-order valence-corrected chi connectivity index (χ4v) is 2.71. The topological polar surface area (TPSA) is 43.1 Å².